The lowest BCUT2D eigenvalue weighted by Gasteiger charge is -2.21. The summed E-state index contributed by atoms with van der Waals surface area (Å²) < 4.78 is 11.8. The topological polar surface area (TPSA) is 98.0 Å². The minimum atomic E-state index is -0.511. The van der Waals surface area contributed by atoms with Crippen molar-refractivity contribution in [1.29, 1.82) is 5.41 Å². The second-order valence-electron chi connectivity index (χ2n) is 9.35. The van der Waals surface area contributed by atoms with E-state index in [0.717, 1.165) is 50.4 Å². The molecule has 0 bridgehead atoms. The number of nitrogens with two attached hydrogens (primary N) is 1. The van der Waals surface area contributed by atoms with Crippen LogP contribution in [0.15, 0.2) is 28.7 Å². The number of amidine groups is 1. The van der Waals surface area contributed by atoms with Crippen molar-refractivity contribution in [3.8, 4) is 11.5 Å². The summed E-state index contributed by atoms with van der Waals surface area (Å²) in [6.45, 7) is 1.88. The van der Waals surface area contributed by atoms with Gasteiger partial charge in [0.05, 0.1) is 0 Å². The van der Waals surface area contributed by atoms with E-state index in [9.17, 15) is 0 Å². The van der Waals surface area contributed by atoms with Crippen LogP contribution in [0.4, 0.5) is 0 Å². The van der Waals surface area contributed by atoms with Crippen LogP contribution in [0.2, 0.25) is 0 Å². The second-order valence-corrected chi connectivity index (χ2v) is 9.35. The van der Waals surface area contributed by atoms with Gasteiger partial charge in [-0.15, -0.1) is 22.6 Å². The number of benzene rings is 1. The normalized spacial score (nSPS) is 17.6. The number of aryl methyl sites for hydroxylation is 1. The van der Waals surface area contributed by atoms with Crippen molar-refractivity contribution in [3.05, 3.63) is 35.7 Å². The van der Waals surface area contributed by atoms with Gasteiger partial charge in [0.2, 0.25) is 11.8 Å². The molecule has 0 amide bonds. The fourth-order valence-corrected chi connectivity index (χ4v) is 4.61. The zero-order chi connectivity index (χ0) is 21.5. The third kappa shape index (κ3) is 6.32. The molecule has 1 aromatic carbocycles. The van der Waals surface area contributed by atoms with E-state index in [0.29, 0.717) is 11.8 Å². The Kier molecular flexibility index (Phi) is 9.11. The number of nitrogens with one attached hydrogen (secondary N) is 1. The first-order valence-electron chi connectivity index (χ1n) is 12.0. The van der Waals surface area contributed by atoms with Crippen LogP contribution in [0, 0.1) is 11.3 Å². The first-order chi connectivity index (χ1) is 15.2. The number of aromatic nitrogens is 2. The molecule has 1 heterocycles. The van der Waals surface area contributed by atoms with Gasteiger partial charge in [-0.1, -0.05) is 44.2 Å². The van der Waals surface area contributed by atoms with Crippen LogP contribution in [-0.4, -0.2) is 29.2 Å². The van der Waals surface area contributed by atoms with E-state index >= 15 is 0 Å². The van der Waals surface area contributed by atoms with Gasteiger partial charge in [0.25, 0.3) is 0 Å². The second kappa shape index (κ2) is 11.8. The summed E-state index contributed by atoms with van der Waals surface area (Å²) in [5.74, 6) is 1.93. The summed E-state index contributed by atoms with van der Waals surface area (Å²) in [6.07, 6.45) is 14.4. The number of hydrogen-bond donors (Lipinski definition) is 2. The highest BCUT2D eigenvalue weighted by atomic mass is 35.5. The molecule has 2 saturated carbocycles. The van der Waals surface area contributed by atoms with E-state index in [1.807, 2.05) is 12.1 Å². The van der Waals surface area contributed by atoms with Gasteiger partial charge in [-0.05, 0) is 68.6 Å². The Morgan fingerprint density at radius 3 is 2.62 bits per heavy atom. The van der Waals surface area contributed by atoms with Gasteiger partial charge >= 0.3 is 0 Å². The van der Waals surface area contributed by atoms with E-state index in [4.69, 9.17) is 20.3 Å². The Morgan fingerprint density at radius 1 is 1.09 bits per heavy atom. The van der Waals surface area contributed by atoms with Gasteiger partial charge in [0, 0.05) is 18.8 Å². The number of ether oxygens (including phenoxy) is 1. The van der Waals surface area contributed by atoms with Gasteiger partial charge < -0.3 is 14.9 Å². The zero-order valence-corrected chi connectivity index (χ0v) is 19.8. The highest BCUT2D eigenvalue weighted by Crippen LogP contribution is 2.47. The van der Waals surface area contributed by atoms with E-state index in [1.165, 1.54) is 56.9 Å². The smallest absolute Gasteiger partial charge is 0.247 e. The molecule has 2 aliphatic rings. The largest absolute Gasteiger partial charge is 0.420 e. The van der Waals surface area contributed by atoms with Crippen LogP contribution in [-0.2, 0) is 16.6 Å². The van der Waals surface area contributed by atoms with Gasteiger partial charge in [-0.25, -0.2) is 0 Å². The lowest BCUT2D eigenvalue weighted by atomic mass is 9.90. The van der Waals surface area contributed by atoms with E-state index in [-0.39, 0.29) is 18.2 Å². The van der Waals surface area contributed by atoms with Crippen molar-refractivity contribution in [2.45, 2.75) is 82.5 Å². The van der Waals surface area contributed by atoms with Crippen molar-refractivity contribution < 1.29 is 9.15 Å². The first-order valence-corrected chi connectivity index (χ1v) is 12.0. The molecule has 1 aromatic heterocycles. The Balaban J connectivity index is 0.00000289. The Bertz CT molecular complexity index is 859. The summed E-state index contributed by atoms with van der Waals surface area (Å²) in [6, 6.07) is 8.34. The van der Waals surface area contributed by atoms with Gasteiger partial charge in [0.1, 0.15) is 11.3 Å². The predicted molar refractivity (Wildman–Crippen MR) is 129 cm³/mol. The molecule has 0 unspecified atom stereocenters. The van der Waals surface area contributed by atoms with Gasteiger partial charge in [-0.3, -0.25) is 5.41 Å². The number of halogens is 1. The van der Waals surface area contributed by atoms with Crippen LogP contribution in [0.1, 0.15) is 82.1 Å². The maximum atomic E-state index is 7.78. The molecule has 6 nitrogen and oxygen atoms in total. The molecule has 0 radical (unpaired) electrons. The molecule has 7 heteroatoms. The van der Waals surface area contributed by atoms with Crippen LogP contribution in [0.3, 0.4) is 0 Å². The van der Waals surface area contributed by atoms with Crippen molar-refractivity contribution in [2.75, 3.05) is 13.2 Å². The lowest BCUT2D eigenvalue weighted by molar-refractivity contribution is 0.0824. The minimum absolute atomic E-state index is 0. The summed E-state index contributed by atoms with van der Waals surface area (Å²) in [5, 5.41) is 16.2. The molecule has 2 aromatic rings. The summed E-state index contributed by atoms with van der Waals surface area (Å²) in [7, 11) is 0. The summed E-state index contributed by atoms with van der Waals surface area (Å²) in [4.78, 5) is 0. The molecule has 2 aliphatic carbocycles. The predicted octanol–water partition coefficient (Wildman–Crippen LogP) is 5.83. The Labute approximate surface area is 197 Å². The summed E-state index contributed by atoms with van der Waals surface area (Å²) in [5.41, 5.74) is 7.44. The molecule has 0 atom stereocenters. The SMILES string of the molecule is Cl.N=C(N)C1(c2nnc(-c3cccc(CCCCCCOCC4CCCCC4)c3)o2)CC1. The number of unbranched alkanes of at least 4 members (excludes halogenated alkanes) is 3. The van der Waals surface area contributed by atoms with Crippen LogP contribution in [0.5, 0.6) is 0 Å². The van der Waals surface area contributed by atoms with Crippen LogP contribution >= 0.6 is 12.4 Å². The molecule has 0 spiro atoms. The van der Waals surface area contributed by atoms with Crippen LogP contribution in [0.25, 0.3) is 11.5 Å². The standard InChI is InChI=1S/C25H36N4O2.ClH/c26-23(27)25(14-15-25)24-29-28-22(31-24)21-13-8-12-19(17-21)9-4-1-2-7-16-30-18-20-10-5-3-6-11-20;/h8,12-13,17,20H,1-7,9-11,14-16,18H2,(H3,26,27);1H. The Morgan fingerprint density at radius 2 is 1.88 bits per heavy atom. The number of hydrogen-bond acceptors (Lipinski definition) is 5. The third-order valence-electron chi connectivity index (χ3n) is 6.86. The highest BCUT2D eigenvalue weighted by Gasteiger charge is 2.52. The average Bonchev–Trinajstić information content (AvgIpc) is 3.46. The van der Waals surface area contributed by atoms with Crippen molar-refractivity contribution in [3.63, 3.8) is 0 Å². The molecular weight excluding hydrogens is 424 g/mol. The molecular formula is C25H37ClN4O2. The average molecular weight is 461 g/mol. The van der Waals surface area contributed by atoms with E-state index in [1.54, 1.807) is 0 Å². The molecule has 0 aliphatic heterocycles. The number of rotatable bonds is 12. The fraction of sp³-hybridized carbons (Fsp3) is 0.640. The van der Waals surface area contributed by atoms with Crippen molar-refractivity contribution >= 4 is 18.2 Å². The molecule has 3 N–H and O–H groups in total. The van der Waals surface area contributed by atoms with Gasteiger partial charge in [-0.2, -0.15) is 0 Å². The van der Waals surface area contributed by atoms with Crippen molar-refractivity contribution in [2.24, 2.45) is 11.7 Å². The zero-order valence-electron chi connectivity index (χ0n) is 19.0. The monoisotopic (exact) mass is 460 g/mol. The van der Waals surface area contributed by atoms with Crippen molar-refractivity contribution in [1.82, 2.24) is 10.2 Å². The third-order valence-corrected chi connectivity index (χ3v) is 6.86. The lowest BCUT2D eigenvalue weighted by Crippen LogP contribution is -2.27. The molecule has 4 rings (SSSR count). The number of nitrogens with zero attached hydrogens (tertiary/aromatic N) is 2. The van der Waals surface area contributed by atoms with Crippen LogP contribution < -0.4 is 5.73 Å². The maximum Gasteiger partial charge on any atom is 0.247 e. The minimum Gasteiger partial charge on any atom is -0.420 e. The first kappa shape index (κ1) is 24.7. The molecule has 2 fully saturated rings. The van der Waals surface area contributed by atoms with E-state index in [2.05, 4.69) is 22.3 Å². The fourth-order valence-electron chi connectivity index (χ4n) is 4.61. The molecule has 176 valence electrons. The molecule has 32 heavy (non-hydrogen) atoms. The quantitative estimate of drug-likeness (QED) is 0.236. The summed E-state index contributed by atoms with van der Waals surface area (Å²) >= 11 is 0. The highest BCUT2D eigenvalue weighted by molar-refractivity contribution is 5.91. The maximum absolute atomic E-state index is 7.78. The Hall–Kier alpha value is -1.92. The molecule has 0 saturated heterocycles. The van der Waals surface area contributed by atoms with Gasteiger partial charge in [0.15, 0.2) is 0 Å². The van der Waals surface area contributed by atoms with E-state index < -0.39 is 5.41 Å².